The summed E-state index contributed by atoms with van der Waals surface area (Å²) in [7, 11) is 0. The van der Waals surface area contributed by atoms with Gasteiger partial charge in [-0.1, -0.05) is 13.8 Å². The summed E-state index contributed by atoms with van der Waals surface area (Å²) in [4.78, 5) is 27.5. The molecule has 4 heterocycles. The summed E-state index contributed by atoms with van der Waals surface area (Å²) in [6.07, 6.45) is 7.06. The van der Waals surface area contributed by atoms with Gasteiger partial charge >= 0.3 is 0 Å². The zero-order valence-corrected chi connectivity index (χ0v) is 14.5. The molecule has 4 rings (SSSR count). The Morgan fingerprint density at radius 2 is 2.00 bits per heavy atom. The van der Waals surface area contributed by atoms with Gasteiger partial charge in [0.05, 0.1) is 11.9 Å². The first-order valence-corrected chi connectivity index (χ1v) is 8.62. The molecule has 25 heavy (non-hydrogen) atoms. The second-order valence-electron chi connectivity index (χ2n) is 7.05. The quantitative estimate of drug-likeness (QED) is 0.735. The Kier molecular flexibility index (Phi) is 3.95. The van der Waals surface area contributed by atoms with E-state index in [2.05, 4.69) is 28.8 Å². The predicted octanol–water partition coefficient (Wildman–Crippen LogP) is 2.72. The third kappa shape index (κ3) is 2.99. The highest BCUT2D eigenvalue weighted by Crippen LogP contribution is 2.28. The summed E-state index contributed by atoms with van der Waals surface area (Å²) in [5.74, 6) is 0.943. The molecule has 3 aromatic rings. The number of hydrogen-bond donors (Lipinski definition) is 0. The molecule has 0 spiro atoms. The normalized spacial score (nSPS) is 14.9. The van der Waals surface area contributed by atoms with Gasteiger partial charge < -0.3 is 9.47 Å². The number of imidazole rings is 1. The standard InChI is InChI=1S/C19H21N5O/c1-13(2)9-24-12-22-17-7-15(8-21-18(17)24)19(25)23-10-16(11-23)14-3-5-20-6-4-14/h3-8,12-13,16H,9-11H2,1-2H3. The molecule has 6 heteroatoms. The fourth-order valence-electron chi connectivity index (χ4n) is 3.27. The minimum atomic E-state index is 0.0260. The molecule has 3 aromatic heterocycles. The van der Waals surface area contributed by atoms with Crippen molar-refractivity contribution in [1.29, 1.82) is 0 Å². The molecule has 0 N–H and O–H groups in total. The third-order valence-corrected chi connectivity index (χ3v) is 4.61. The Morgan fingerprint density at radius 1 is 1.24 bits per heavy atom. The van der Waals surface area contributed by atoms with Crippen LogP contribution in [-0.2, 0) is 6.54 Å². The first kappa shape index (κ1) is 15.7. The van der Waals surface area contributed by atoms with E-state index < -0.39 is 0 Å². The summed E-state index contributed by atoms with van der Waals surface area (Å²) in [5.41, 5.74) is 3.46. The van der Waals surface area contributed by atoms with Crippen molar-refractivity contribution in [3.8, 4) is 0 Å². The molecule has 0 atom stereocenters. The Hall–Kier alpha value is -2.76. The molecule has 0 aromatic carbocycles. The highest BCUT2D eigenvalue weighted by atomic mass is 16.2. The van der Waals surface area contributed by atoms with Gasteiger partial charge in [0.25, 0.3) is 5.91 Å². The van der Waals surface area contributed by atoms with Gasteiger partial charge in [0.2, 0.25) is 0 Å². The van der Waals surface area contributed by atoms with Crippen LogP contribution in [0.25, 0.3) is 11.2 Å². The largest absolute Gasteiger partial charge is 0.337 e. The first-order valence-electron chi connectivity index (χ1n) is 8.62. The maximum Gasteiger partial charge on any atom is 0.255 e. The highest BCUT2D eigenvalue weighted by molar-refractivity contribution is 5.96. The number of amides is 1. The van der Waals surface area contributed by atoms with Crippen molar-refractivity contribution in [2.75, 3.05) is 13.1 Å². The molecule has 1 fully saturated rings. The topological polar surface area (TPSA) is 63.9 Å². The van der Waals surface area contributed by atoms with E-state index in [4.69, 9.17) is 0 Å². The molecular formula is C19H21N5O. The van der Waals surface area contributed by atoms with Crippen LogP contribution in [0, 0.1) is 5.92 Å². The Balaban J connectivity index is 1.48. The minimum Gasteiger partial charge on any atom is -0.337 e. The van der Waals surface area contributed by atoms with Crippen LogP contribution in [0.5, 0.6) is 0 Å². The van der Waals surface area contributed by atoms with Crippen molar-refractivity contribution in [2.24, 2.45) is 5.92 Å². The van der Waals surface area contributed by atoms with E-state index in [9.17, 15) is 4.79 Å². The second kappa shape index (κ2) is 6.27. The average molecular weight is 335 g/mol. The first-order chi connectivity index (χ1) is 12.1. The molecule has 6 nitrogen and oxygen atoms in total. The number of carbonyl (C=O) groups is 1. The van der Waals surface area contributed by atoms with Crippen LogP contribution < -0.4 is 0 Å². The zero-order chi connectivity index (χ0) is 17.4. The van der Waals surface area contributed by atoms with E-state index in [0.29, 0.717) is 17.4 Å². The van der Waals surface area contributed by atoms with Crippen molar-refractivity contribution >= 4 is 17.1 Å². The van der Waals surface area contributed by atoms with Gasteiger partial charge in [-0.25, -0.2) is 9.97 Å². The van der Waals surface area contributed by atoms with Crippen molar-refractivity contribution in [1.82, 2.24) is 24.4 Å². The lowest BCUT2D eigenvalue weighted by molar-refractivity contribution is 0.0602. The van der Waals surface area contributed by atoms with Crippen molar-refractivity contribution in [2.45, 2.75) is 26.3 Å². The number of rotatable bonds is 4. The van der Waals surface area contributed by atoms with E-state index in [-0.39, 0.29) is 5.91 Å². The smallest absolute Gasteiger partial charge is 0.255 e. The number of hydrogen-bond acceptors (Lipinski definition) is 4. The molecule has 1 aliphatic rings. The van der Waals surface area contributed by atoms with E-state index in [1.165, 1.54) is 5.56 Å². The Labute approximate surface area is 146 Å². The average Bonchev–Trinajstić information content (AvgIpc) is 2.96. The lowest BCUT2D eigenvalue weighted by atomic mass is 9.92. The second-order valence-corrected chi connectivity index (χ2v) is 7.05. The van der Waals surface area contributed by atoms with Gasteiger partial charge in [0.15, 0.2) is 5.65 Å². The van der Waals surface area contributed by atoms with Crippen LogP contribution in [0.3, 0.4) is 0 Å². The summed E-state index contributed by atoms with van der Waals surface area (Å²) < 4.78 is 2.04. The summed E-state index contributed by atoms with van der Waals surface area (Å²) >= 11 is 0. The van der Waals surface area contributed by atoms with Gasteiger partial charge in [-0.3, -0.25) is 9.78 Å². The van der Waals surface area contributed by atoms with Gasteiger partial charge in [-0.15, -0.1) is 0 Å². The maximum atomic E-state index is 12.7. The summed E-state index contributed by atoms with van der Waals surface area (Å²) in [6, 6.07) is 5.88. The molecule has 0 unspecified atom stereocenters. The summed E-state index contributed by atoms with van der Waals surface area (Å²) in [5, 5.41) is 0. The summed E-state index contributed by atoms with van der Waals surface area (Å²) in [6.45, 7) is 6.67. The molecule has 1 amide bonds. The number of nitrogens with zero attached hydrogens (tertiary/aromatic N) is 5. The van der Waals surface area contributed by atoms with Crippen LogP contribution in [0.15, 0.2) is 43.1 Å². The van der Waals surface area contributed by atoms with Gasteiger partial charge in [-0.2, -0.15) is 0 Å². The lowest BCUT2D eigenvalue weighted by Gasteiger charge is -2.39. The molecule has 0 saturated carbocycles. The van der Waals surface area contributed by atoms with Crippen molar-refractivity contribution < 1.29 is 4.79 Å². The fourth-order valence-corrected chi connectivity index (χ4v) is 3.27. The monoisotopic (exact) mass is 335 g/mol. The van der Waals surface area contributed by atoms with Gasteiger partial charge in [-0.05, 0) is 29.7 Å². The van der Waals surface area contributed by atoms with Crippen molar-refractivity contribution in [3.63, 3.8) is 0 Å². The Bertz CT molecular complexity index is 897. The van der Waals surface area contributed by atoms with Crippen LogP contribution in [-0.4, -0.2) is 43.4 Å². The number of pyridine rings is 2. The Morgan fingerprint density at radius 3 is 2.72 bits per heavy atom. The number of aromatic nitrogens is 4. The van der Waals surface area contributed by atoms with Crippen molar-refractivity contribution in [3.05, 3.63) is 54.2 Å². The van der Waals surface area contributed by atoms with E-state index in [1.54, 1.807) is 24.9 Å². The number of fused-ring (bicyclic) bond motifs is 1. The fraction of sp³-hybridized carbons (Fsp3) is 0.368. The highest BCUT2D eigenvalue weighted by Gasteiger charge is 2.32. The van der Waals surface area contributed by atoms with Gasteiger partial charge in [0.1, 0.15) is 5.52 Å². The number of likely N-dealkylation sites (tertiary alicyclic amines) is 1. The maximum absolute atomic E-state index is 12.7. The SMILES string of the molecule is CC(C)Cn1cnc2cc(C(=O)N3CC(c4ccncc4)C3)cnc21. The van der Waals surface area contributed by atoms with Crippen LogP contribution in [0.4, 0.5) is 0 Å². The van der Waals surface area contributed by atoms with Gasteiger partial charge in [0, 0.05) is 44.1 Å². The van der Waals surface area contributed by atoms with Crippen LogP contribution >= 0.6 is 0 Å². The number of carbonyl (C=O) groups excluding carboxylic acids is 1. The molecule has 0 bridgehead atoms. The van der Waals surface area contributed by atoms with E-state index in [1.807, 2.05) is 27.7 Å². The van der Waals surface area contributed by atoms with E-state index >= 15 is 0 Å². The van der Waals surface area contributed by atoms with Crippen LogP contribution in [0.1, 0.15) is 35.7 Å². The minimum absolute atomic E-state index is 0.0260. The molecule has 1 saturated heterocycles. The zero-order valence-electron chi connectivity index (χ0n) is 14.5. The predicted molar refractivity (Wildman–Crippen MR) is 95.2 cm³/mol. The lowest BCUT2D eigenvalue weighted by Crippen LogP contribution is -2.48. The van der Waals surface area contributed by atoms with E-state index in [0.717, 1.165) is 30.8 Å². The molecule has 0 radical (unpaired) electrons. The molecule has 1 aliphatic heterocycles. The third-order valence-electron chi connectivity index (χ3n) is 4.61. The molecule has 0 aliphatic carbocycles. The van der Waals surface area contributed by atoms with Crippen LogP contribution in [0.2, 0.25) is 0 Å². The molecule has 128 valence electrons. The molecular weight excluding hydrogens is 314 g/mol.